The van der Waals surface area contributed by atoms with Gasteiger partial charge in [-0.25, -0.2) is 9.59 Å². The van der Waals surface area contributed by atoms with Gasteiger partial charge in [0.2, 0.25) is 11.0 Å². The van der Waals surface area contributed by atoms with Gasteiger partial charge in [0.1, 0.15) is 29.5 Å². The lowest BCUT2D eigenvalue weighted by molar-refractivity contribution is -0.562. The van der Waals surface area contributed by atoms with Crippen molar-refractivity contribution in [1.82, 2.24) is 5.32 Å². The van der Waals surface area contributed by atoms with E-state index in [1.54, 1.807) is 74.7 Å². The Morgan fingerprint density at radius 3 is 1.59 bits per heavy atom. The number of aromatic hydroxyl groups is 2. The molecule has 2 heterocycles. The summed E-state index contributed by atoms with van der Waals surface area (Å²) in [6.45, 7) is 26.0. The molecule has 4 amide bonds. The summed E-state index contributed by atoms with van der Waals surface area (Å²) < 4.78 is 22.2. The number of halogens is 3. The highest BCUT2D eigenvalue weighted by molar-refractivity contribution is 6.65. The second kappa shape index (κ2) is 44.4. The van der Waals surface area contributed by atoms with Crippen molar-refractivity contribution in [3.05, 3.63) is 131 Å². The van der Waals surface area contributed by atoms with E-state index < -0.39 is 83.5 Å². The minimum Gasteiger partial charge on any atom is -1.00 e. The van der Waals surface area contributed by atoms with E-state index in [2.05, 4.69) is 29.5 Å². The van der Waals surface area contributed by atoms with E-state index in [1.165, 1.54) is 26.4 Å². The average Bonchev–Trinajstić information content (AvgIpc) is 1.03. The van der Waals surface area contributed by atoms with Crippen LogP contribution in [0, 0.1) is 35.5 Å². The Balaban J connectivity index is 0.000000801. The van der Waals surface area contributed by atoms with Gasteiger partial charge >= 0.3 is 12.2 Å². The fourth-order valence-corrected chi connectivity index (χ4v) is 13.0. The van der Waals surface area contributed by atoms with Crippen LogP contribution in [0.15, 0.2) is 125 Å². The van der Waals surface area contributed by atoms with Crippen LogP contribution in [-0.2, 0) is 54.1 Å². The number of carboxylic acids is 1. The number of nitrogens with two attached hydrogens (primary N) is 4. The third-order valence-corrected chi connectivity index (χ3v) is 19.2. The average molecular weight is 1490 g/mol. The minimum atomic E-state index is -0.986. The number of aliphatic carboxylic acids is 1. The molecule has 2 saturated carbocycles. The number of methoxy groups -OCH3 is 2. The zero-order valence-corrected chi connectivity index (χ0v) is 63.5. The first kappa shape index (κ1) is 92.8. The van der Waals surface area contributed by atoms with Crippen molar-refractivity contribution in [3.8, 4) is 11.5 Å². The number of benzene rings is 1. The van der Waals surface area contributed by atoms with Crippen molar-refractivity contribution in [3.63, 3.8) is 0 Å². The third-order valence-electron chi connectivity index (χ3n) is 18.8. The van der Waals surface area contributed by atoms with Gasteiger partial charge < -0.3 is 101 Å². The highest BCUT2D eigenvalue weighted by Gasteiger charge is 2.38. The number of carboxylic acid groups (broad SMARTS) is 1. The molecular formula is C75H112Cl3N7O17. The number of anilines is 1. The first-order chi connectivity index (χ1) is 46.9. The number of rotatable bonds is 12. The quantitative estimate of drug-likeness (QED) is 0.0337. The van der Waals surface area contributed by atoms with Gasteiger partial charge in [0.25, 0.3) is 11.8 Å². The van der Waals surface area contributed by atoms with Crippen LogP contribution in [0.1, 0.15) is 158 Å². The van der Waals surface area contributed by atoms with E-state index in [-0.39, 0.29) is 101 Å². The molecule has 24 nitrogen and oxygen atoms in total. The van der Waals surface area contributed by atoms with Crippen molar-refractivity contribution in [2.24, 2.45) is 52.7 Å². The van der Waals surface area contributed by atoms with Crippen LogP contribution in [0.2, 0.25) is 0 Å². The van der Waals surface area contributed by atoms with Crippen LogP contribution in [0.4, 0.5) is 21.0 Å². The summed E-state index contributed by atoms with van der Waals surface area (Å²) in [6.07, 6.45) is 21.4. The van der Waals surface area contributed by atoms with Crippen LogP contribution in [0.5, 0.6) is 11.5 Å². The Morgan fingerprint density at radius 2 is 1.19 bits per heavy atom. The molecule has 12 atom stereocenters. The second-order valence-corrected chi connectivity index (χ2v) is 27.7. The fourth-order valence-electron chi connectivity index (χ4n) is 12.8. The van der Waals surface area contributed by atoms with Crippen LogP contribution >= 0.6 is 24.0 Å². The number of ketones is 2. The molecule has 17 N–H and O–H groups in total. The molecular weight excluding hydrogens is 1380 g/mol. The normalized spacial score (nSPS) is 29.2. The summed E-state index contributed by atoms with van der Waals surface area (Å²) in [5.74, 6) is -4.51. The molecule has 5 aliphatic rings. The summed E-state index contributed by atoms with van der Waals surface area (Å²) in [5.41, 5.74) is 22.3. The zero-order chi connectivity index (χ0) is 75.5. The van der Waals surface area contributed by atoms with Crippen molar-refractivity contribution >= 4 is 82.2 Å². The molecule has 27 heteroatoms. The van der Waals surface area contributed by atoms with E-state index in [1.807, 2.05) is 60.6 Å². The number of hydrogen-bond donors (Lipinski definition) is 11. The molecule has 1 aromatic carbocycles. The van der Waals surface area contributed by atoms with Crippen LogP contribution in [0.25, 0.3) is 0 Å². The minimum absolute atomic E-state index is 0. The maximum Gasteiger partial charge on any atom is 0.405 e. The largest absolute Gasteiger partial charge is 1.00 e. The lowest BCUT2D eigenvalue weighted by atomic mass is 9.82. The van der Waals surface area contributed by atoms with Gasteiger partial charge in [-0.15, -0.1) is 19.0 Å². The number of fused-ring (bicyclic) bond motifs is 4. The highest BCUT2D eigenvalue weighted by Crippen LogP contribution is 2.41. The van der Waals surface area contributed by atoms with Crippen molar-refractivity contribution < 1.29 is 106 Å². The maximum atomic E-state index is 13.6. The molecule has 4 bridgehead atoms. The van der Waals surface area contributed by atoms with Crippen LogP contribution in [-0.4, -0.2) is 136 Å². The molecule has 6 rings (SSSR count). The van der Waals surface area contributed by atoms with Crippen LogP contribution < -0.4 is 56.4 Å². The number of quaternary nitrogens is 2. The number of nitrogens with one attached hydrogen (secondary N) is 2. The van der Waals surface area contributed by atoms with E-state index >= 15 is 0 Å². The standard InChI is InChI=1S/C32H44N2O7.C31H45N3O7.C6H10ClNO.C6H11NO2.2ClH/c1-8-9-13-23-24-14-18(2)15-27(40-7)28(36)21(5)16-22(6)30(41-32(33)39)19(3)11-10-12-20(4)31(38)34-25(29(24)37)17-26(23)35;1-8-12-33-26-22-13-17(2)14-25(40-7)27(36)20(5)15-21(6)29(41-31(32)39)18(3)10-9-11-19(4)30(38)34-23(28(22)37)16-24(26)35;7-5(9)6(8)3-1-2-4-6;7-6(5(8)9)3-1-2-4-6;;/h8,10-12,16-19,21,27-28,30,36H,1,9,13-15H2,2-7H3,(H2,33,39)(H,34,38);8-11,15-18,20,25,27,29,33,35-37H,1,12-14H2,2-7H3,(H2,32,39)(H,34,38);1-4,8H2;1-4,7H2,(H,8,9);2*1H/b11-10-,20-12+,22-16+;10-9-,19-11+,21-15+;;;;/t18-,19+,21+,27+,28-,30-;17-,18+,20+,25+,27-,29-;;;;/m11..../s1. The van der Waals surface area contributed by atoms with Gasteiger partial charge in [-0.3, -0.25) is 24.0 Å². The molecule has 570 valence electrons. The number of carbonyl (C=O) groups is 8. The Bertz CT molecular complexity index is 3310. The van der Waals surface area contributed by atoms with Gasteiger partial charge in [0, 0.05) is 85.2 Å². The van der Waals surface area contributed by atoms with Gasteiger partial charge in [0.05, 0.1) is 53.4 Å². The predicted octanol–water partition coefficient (Wildman–Crippen LogP) is 4.69. The number of hydrogen-bond acceptors (Lipinski definition) is 18. The summed E-state index contributed by atoms with van der Waals surface area (Å²) in [7, 11) is 3.05. The number of amides is 4. The fraction of sp³-hybridized carbons (Fsp3) is 0.547. The first-order valence-electron chi connectivity index (χ1n) is 34.1. The highest BCUT2D eigenvalue weighted by atomic mass is 35.5. The number of ether oxygens (including phenoxy) is 4. The maximum absolute atomic E-state index is 13.6. The van der Waals surface area contributed by atoms with Crippen molar-refractivity contribution in [1.29, 1.82) is 0 Å². The number of allylic oxidation sites excluding steroid dienone is 8. The number of phenolic OH excluding ortho intramolecular Hbond substituents is 2. The topological polar surface area (TPSA) is 424 Å². The molecule has 3 aliphatic carbocycles. The van der Waals surface area contributed by atoms with Crippen LogP contribution in [0.3, 0.4) is 0 Å². The van der Waals surface area contributed by atoms with Crippen molar-refractivity contribution in [2.45, 2.75) is 207 Å². The second-order valence-electron chi connectivity index (χ2n) is 27.3. The van der Waals surface area contributed by atoms with Gasteiger partial charge in [0.15, 0.2) is 17.2 Å². The number of aliphatic hydroxyl groups is 2. The summed E-state index contributed by atoms with van der Waals surface area (Å²) in [6, 6.07) is 1.33. The Hall–Kier alpha value is -7.23. The number of Topliss-reactive ketones (excluding diaryl/α,β-unsaturated/α-hetero) is 1. The third kappa shape index (κ3) is 28.1. The molecule has 0 aromatic heterocycles. The van der Waals surface area contributed by atoms with Gasteiger partial charge in [-0.1, -0.05) is 116 Å². The molecule has 0 saturated heterocycles. The van der Waals surface area contributed by atoms with E-state index in [0.29, 0.717) is 96.2 Å². The number of aliphatic hydroxyl groups excluding tert-OH is 2. The molecule has 102 heavy (non-hydrogen) atoms. The molecule has 0 radical (unpaired) electrons. The lowest BCUT2D eigenvalue weighted by Crippen LogP contribution is -3.00. The Kier molecular flexibility index (Phi) is 40.4. The summed E-state index contributed by atoms with van der Waals surface area (Å²) >= 11 is 5.26. The monoisotopic (exact) mass is 1490 g/mol. The number of phenols is 2. The first-order valence-corrected chi connectivity index (χ1v) is 34.5. The molecule has 2 fully saturated rings. The van der Waals surface area contributed by atoms with E-state index in [4.69, 9.17) is 47.7 Å². The SMILES string of the molecule is C=CCCC1=C2C[C@@H](C)C[C@H](OC)[C@H](O)[C@@H](C)/C=C(\C)[C@H](OC(N)=O)[C@@H](C)/C=C\C=C(/C)C(=O)NC(=CC1=O)C2=O.C=CC[NH2+]c1c(O)cc2c(O)c1C[C@@H](C)C[C@H](OC)[C@H](O)[C@@H](C)/C=C(\C)[C@H](OC(N)=O)[C@@H](C)/C=C\C=C(/C)C(=O)N2.Cl.NC1(C(=O)Cl)CCCC1.[Cl-].[NH3+]C1(C(=O)[O-])CCCC1. The number of carbonyl (C=O) groups excluding carboxylic acids is 8. The van der Waals surface area contributed by atoms with E-state index in [0.717, 1.165) is 38.5 Å². The summed E-state index contributed by atoms with van der Waals surface area (Å²) in [4.78, 5) is 96.9. The lowest BCUT2D eigenvalue weighted by Gasteiger charge is -2.29. The predicted molar refractivity (Wildman–Crippen MR) is 389 cm³/mol. The van der Waals surface area contributed by atoms with E-state index in [9.17, 15) is 63.9 Å². The molecule has 2 aliphatic heterocycles. The smallest absolute Gasteiger partial charge is 0.405 e. The molecule has 1 aromatic rings. The van der Waals surface area contributed by atoms with Crippen molar-refractivity contribution in [2.75, 3.05) is 26.1 Å². The van der Waals surface area contributed by atoms with Gasteiger partial charge in [-0.05, 0) is 133 Å². The zero-order valence-electron chi connectivity index (χ0n) is 61.2. The Morgan fingerprint density at radius 1 is 0.735 bits per heavy atom. The Labute approximate surface area is 618 Å². The van der Waals surface area contributed by atoms with Gasteiger partial charge in [-0.2, -0.15) is 0 Å². The molecule has 0 spiro atoms. The summed E-state index contributed by atoms with van der Waals surface area (Å²) in [5, 5.41) is 61.6. The molecule has 0 unspecified atom stereocenters. The number of primary amides is 2.